The Morgan fingerprint density at radius 1 is 0.326 bits per heavy atom. The Morgan fingerprint density at radius 2 is 0.579 bits per heavy atom. The third-order valence-corrected chi connectivity index (χ3v) is 25.2. The summed E-state index contributed by atoms with van der Waals surface area (Å²) in [6, 6.07) is 32.4. The van der Waals surface area contributed by atoms with Crippen LogP contribution in [0.3, 0.4) is 0 Å². The average molecular weight is 1360 g/mol. The molecule has 0 amide bonds. The van der Waals surface area contributed by atoms with Crippen molar-refractivity contribution >= 4 is 52.0 Å². The lowest BCUT2D eigenvalue weighted by Gasteiger charge is -2.31. The number of carboxylic acid groups (broad SMARTS) is 3. The van der Waals surface area contributed by atoms with Crippen LogP contribution in [0.25, 0.3) is 0 Å². The fourth-order valence-electron chi connectivity index (χ4n) is 12.3. The topological polar surface area (TPSA) is 209 Å². The van der Waals surface area contributed by atoms with E-state index in [1.807, 2.05) is 91.0 Å². The minimum absolute atomic E-state index is 0.0256. The number of rotatable bonds is 60. The van der Waals surface area contributed by atoms with Crippen molar-refractivity contribution in [2.75, 3.05) is 13.2 Å². The zero-order valence-corrected chi connectivity index (χ0v) is 62.2. The molecule has 0 unspecified atom stereocenters. The predicted molar refractivity (Wildman–Crippen MR) is 390 cm³/mol. The number of hydrogen-bond donors (Lipinski definition) is 3. The van der Waals surface area contributed by atoms with Crippen molar-refractivity contribution in [2.24, 2.45) is 0 Å². The largest absolute Gasteiger partial charge is 0.481 e. The van der Waals surface area contributed by atoms with Crippen LogP contribution < -0.4 is 0 Å². The smallest absolute Gasteiger partial charge is 0.339 e. The molecular formula is C79H130O14Si2. The highest BCUT2D eigenvalue weighted by Crippen LogP contribution is 2.30. The van der Waals surface area contributed by atoms with Crippen molar-refractivity contribution in [3.63, 3.8) is 0 Å². The van der Waals surface area contributed by atoms with Crippen molar-refractivity contribution < 1.29 is 67.8 Å². The SMILES string of the molecule is CCCCCCCCCCCCCCCCCC[Si](C)(C)CCCOC(CC(=O)O)(CC(=O)O)C(=O)O.CCCCCCCCCCCCCCCCCC[Si](C)(C)CCCOC(CC(=O)OCc1ccccc1)(CC(=O)OCc1ccccc1)C(=O)OCc1ccccc1. The van der Waals surface area contributed by atoms with Gasteiger partial charge in [0, 0.05) is 29.4 Å². The summed E-state index contributed by atoms with van der Waals surface area (Å²) in [5.41, 5.74) is -1.71. The number of carboxylic acids is 3. The van der Waals surface area contributed by atoms with Gasteiger partial charge < -0.3 is 39.0 Å². The molecule has 0 fully saturated rings. The summed E-state index contributed by atoms with van der Waals surface area (Å²) in [5, 5.41) is 27.5. The maximum Gasteiger partial charge on any atom is 0.339 e. The summed E-state index contributed by atoms with van der Waals surface area (Å²) in [7, 11) is -3.00. The summed E-state index contributed by atoms with van der Waals surface area (Å²) in [4.78, 5) is 74.7. The molecule has 3 rings (SSSR count). The van der Waals surface area contributed by atoms with Crippen LogP contribution in [0, 0.1) is 0 Å². The molecule has 0 aliphatic rings. The maximum absolute atomic E-state index is 14.1. The van der Waals surface area contributed by atoms with Crippen LogP contribution in [0.1, 0.15) is 275 Å². The number of carbonyl (C=O) groups excluding carboxylic acids is 3. The summed E-state index contributed by atoms with van der Waals surface area (Å²) in [6.07, 6.45) is 42.2. The van der Waals surface area contributed by atoms with E-state index >= 15 is 0 Å². The third-order valence-electron chi connectivity index (χ3n) is 18.4. The van der Waals surface area contributed by atoms with Gasteiger partial charge in [-0.05, 0) is 29.5 Å². The molecule has 538 valence electrons. The molecule has 0 spiro atoms. The van der Waals surface area contributed by atoms with Crippen LogP contribution in [-0.4, -0.2) is 91.7 Å². The van der Waals surface area contributed by atoms with Gasteiger partial charge in [-0.2, -0.15) is 0 Å². The van der Waals surface area contributed by atoms with Crippen LogP contribution in [0.5, 0.6) is 0 Å². The first-order valence-corrected chi connectivity index (χ1v) is 44.1. The molecule has 0 atom stereocenters. The molecule has 0 saturated carbocycles. The molecule has 0 heterocycles. The van der Waals surface area contributed by atoms with E-state index in [0.29, 0.717) is 12.8 Å². The third kappa shape index (κ3) is 45.1. The molecule has 3 aromatic rings. The number of ether oxygens (including phenoxy) is 5. The second-order valence-electron chi connectivity index (χ2n) is 28.5. The van der Waals surface area contributed by atoms with E-state index in [2.05, 4.69) is 40.0 Å². The van der Waals surface area contributed by atoms with E-state index in [9.17, 15) is 33.9 Å². The van der Waals surface area contributed by atoms with E-state index in [0.717, 1.165) is 28.8 Å². The van der Waals surface area contributed by atoms with Crippen LogP contribution in [-0.2, 0) is 72.3 Å². The lowest BCUT2D eigenvalue weighted by atomic mass is 9.94. The van der Waals surface area contributed by atoms with Crippen LogP contribution in [0.15, 0.2) is 91.0 Å². The molecule has 0 bridgehead atoms. The normalized spacial score (nSPS) is 11.8. The van der Waals surface area contributed by atoms with Crippen molar-refractivity contribution in [1.82, 2.24) is 0 Å². The van der Waals surface area contributed by atoms with Crippen LogP contribution >= 0.6 is 0 Å². The van der Waals surface area contributed by atoms with Crippen molar-refractivity contribution in [1.29, 1.82) is 0 Å². The highest BCUT2D eigenvalue weighted by atomic mass is 28.3. The second kappa shape index (κ2) is 53.8. The van der Waals surface area contributed by atoms with Gasteiger partial charge in [-0.25, -0.2) is 9.59 Å². The van der Waals surface area contributed by atoms with Crippen LogP contribution in [0.2, 0.25) is 50.4 Å². The lowest BCUT2D eigenvalue weighted by molar-refractivity contribution is -0.187. The highest BCUT2D eigenvalue weighted by Gasteiger charge is 2.47. The quantitative estimate of drug-likeness (QED) is 0.0208. The first kappa shape index (κ1) is 85.9. The molecule has 3 N–H and O–H groups in total. The zero-order chi connectivity index (χ0) is 69.6. The Morgan fingerprint density at radius 3 is 0.853 bits per heavy atom. The molecule has 16 heteroatoms. The Hall–Kier alpha value is -5.17. The highest BCUT2D eigenvalue weighted by molar-refractivity contribution is 6.77. The summed E-state index contributed by atoms with van der Waals surface area (Å²) in [5.74, 6) is -6.41. The molecule has 3 aromatic carbocycles. The lowest BCUT2D eigenvalue weighted by Crippen LogP contribution is -2.47. The summed E-state index contributed by atoms with van der Waals surface area (Å²) < 4.78 is 28.8. The van der Waals surface area contributed by atoms with Gasteiger partial charge in [0.05, 0.1) is 25.7 Å². The van der Waals surface area contributed by atoms with E-state index < -0.39 is 88.8 Å². The van der Waals surface area contributed by atoms with E-state index in [-0.39, 0.29) is 33.0 Å². The van der Waals surface area contributed by atoms with Gasteiger partial charge >= 0.3 is 35.8 Å². The van der Waals surface area contributed by atoms with Gasteiger partial charge in [0.25, 0.3) is 0 Å². The number of esters is 3. The Kier molecular flexibility index (Phi) is 48.7. The van der Waals surface area contributed by atoms with Gasteiger partial charge in [0.1, 0.15) is 19.8 Å². The summed E-state index contributed by atoms with van der Waals surface area (Å²) >= 11 is 0. The summed E-state index contributed by atoms with van der Waals surface area (Å²) in [6.45, 7) is 14.3. The van der Waals surface area contributed by atoms with Gasteiger partial charge in [-0.3, -0.25) is 19.2 Å². The maximum atomic E-state index is 14.1. The zero-order valence-electron chi connectivity index (χ0n) is 60.2. The van der Waals surface area contributed by atoms with Gasteiger partial charge in [-0.1, -0.05) is 361 Å². The predicted octanol–water partition coefficient (Wildman–Crippen LogP) is 21.2. The Labute approximate surface area is 576 Å². The number of carbonyl (C=O) groups is 6. The van der Waals surface area contributed by atoms with Crippen molar-refractivity contribution in [3.05, 3.63) is 108 Å². The molecular weight excluding hydrogens is 1230 g/mol. The number of aliphatic carboxylic acids is 3. The number of unbranched alkanes of at least 4 members (excludes halogenated alkanes) is 30. The van der Waals surface area contributed by atoms with Gasteiger partial charge in [0.15, 0.2) is 11.2 Å². The van der Waals surface area contributed by atoms with E-state index in [1.165, 1.54) is 218 Å². The Bertz CT molecular complexity index is 2360. The molecule has 0 aromatic heterocycles. The minimum Gasteiger partial charge on any atom is -0.481 e. The first-order chi connectivity index (χ1) is 45.8. The van der Waals surface area contributed by atoms with Gasteiger partial charge in [0.2, 0.25) is 0 Å². The monoisotopic (exact) mass is 1360 g/mol. The molecule has 0 saturated heterocycles. The molecule has 95 heavy (non-hydrogen) atoms. The van der Waals surface area contributed by atoms with Crippen molar-refractivity contribution in [2.45, 2.75) is 339 Å². The fraction of sp³-hybridized carbons (Fsp3) is 0.696. The van der Waals surface area contributed by atoms with E-state index in [4.69, 9.17) is 33.9 Å². The molecule has 0 aliphatic carbocycles. The molecule has 0 aliphatic heterocycles. The standard InChI is InChI=1S/C50H74O7Si.C29H56O7Si/c1-4-5-6-7-8-9-10-11-12-13-14-15-16-17-18-28-37-58(2,3)38-29-36-57-50(49(53)56-43-46-34-26-21-27-35-46,39-47(51)54-41-44-30-22-19-23-31-44)40-48(52)55-42-45-32-24-20-25-33-45;1-4-5-6-7-8-9-10-11-12-13-14-15-16-17-18-19-22-37(2,3)23-20-21-36-29(28(34)35,24-26(30)31)25-27(32)33/h19-27,30-35H,4-18,28-29,36-43H2,1-3H3;4-25H2,1-3H3,(H,30,31)(H,32,33)(H,34,35). The number of hydrogen-bond acceptors (Lipinski definition) is 11. The Balaban J connectivity index is 0.000000718. The second-order valence-corrected chi connectivity index (χ2v) is 39.1. The van der Waals surface area contributed by atoms with Gasteiger partial charge in [-0.15, -0.1) is 0 Å². The fourth-order valence-corrected chi connectivity index (χ4v) is 17.4. The molecule has 0 radical (unpaired) electrons. The van der Waals surface area contributed by atoms with E-state index in [1.54, 1.807) is 0 Å². The number of benzene rings is 3. The van der Waals surface area contributed by atoms with Crippen molar-refractivity contribution in [3.8, 4) is 0 Å². The van der Waals surface area contributed by atoms with Crippen LogP contribution in [0.4, 0.5) is 0 Å². The first-order valence-electron chi connectivity index (χ1n) is 37.3. The average Bonchev–Trinajstić information content (AvgIpc) is 0.834. The molecule has 14 nitrogen and oxygen atoms in total. The minimum atomic E-state index is -2.21.